The molecular formula is C24H26FN7. The first-order chi connectivity index (χ1) is 15.5. The molecular weight excluding hydrogens is 405 g/mol. The summed E-state index contributed by atoms with van der Waals surface area (Å²) in [5.41, 5.74) is 5.29. The van der Waals surface area contributed by atoms with Gasteiger partial charge in [-0.2, -0.15) is 5.10 Å². The molecule has 2 aliphatic rings. The van der Waals surface area contributed by atoms with Gasteiger partial charge in [0.05, 0.1) is 29.8 Å². The van der Waals surface area contributed by atoms with Gasteiger partial charge in [0.2, 0.25) is 0 Å². The van der Waals surface area contributed by atoms with E-state index < -0.39 is 0 Å². The molecule has 0 N–H and O–H groups in total. The second-order valence-corrected chi connectivity index (χ2v) is 9.01. The average molecular weight is 432 g/mol. The highest BCUT2D eigenvalue weighted by Crippen LogP contribution is 2.32. The Kier molecular flexibility index (Phi) is 4.58. The molecule has 0 atom stereocenters. The molecule has 2 aliphatic heterocycles. The fourth-order valence-electron chi connectivity index (χ4n) is 4.86. The van der Waals surface area contributed by atoms with E-state index in [2.05, 4.69) is 31.8 Å². The van der Waals surface area contributed by atoms with Crippen LogP contribution >= 0.6 is 0 Å². The number of rotatable bonds is 3. The van der Waals surface area contributed by atoms with E-state index in [1.54, 1.807) is 6.07 Å². The highest BCUT2D eigenvalue weighted by Gasteiger charge is 2.33. The number of pyridine rings is 1. The van der Waals surface area contributed by atoms with E-state index in [4.69, 9.17) is 4.98 Å². The number of likely N-dealkylation sites (N-methyl/N-ethyl adjacent to an activating group) is 1. The minimum atomic E-state index is -0.274. The predicted octanol–water partition coefficient (Wildman–Crippen LogP) is 2.83. The third kappa shape index (κ3) is 3.30. The fourth-order valence-corrected chi connectivity index (χ4v) is 4.86. The molecule has 0 saturated carbocycles. The number of fused-ring (bicyclic) bond motifs is 2. The van der Waals surface area contributed by atoms with Gasteiger partial charge in [0.25, 0.3) is 0 Å². The van der Waals surface area contributed by atoms with Gasteiger partial charge in [-0.3, -0.25) is 9.88 Å². The summed E-state index contributed by atoms with van der Waals surface area (Å²) in [7, 11) is 2.19. The summed E-state index contributed by atoms with van der Waals surface area (Å²) < 4.78 is 15.8. The number of hydrogen-bond donors (Lipinski definition) is 0. The van der Waals surface area contributed by atoms with E-state index in [0.717, 1.165) is 78.3 Å². The van der Waals surface area contributed by atoms with Gasteiger partial charge >= 0.3 is 0 Å². The maximum atomic E-state index is 14.0. The van der Waals surface area contributed by atoms with Crippen molar-refractivity contribution in [3.63, 3.8) is 0 Å². The molecule has 2 saturated heterocycles. The van der Waals surface area contributed by atoms with Crippen molar-refractivity contribution in [1.29, 1.82) is 0 Å². The molecule has 0 aliphatic carbocycles. The zero-order valence-corrected chi connectivity index (χ0v) is 18.4. The van der Waals surface area contributed by atoms with Crippen molar-refractivity contribution in [3.05, 3.63) is 54.4 Å². The Morgan fingerprint density at radius 3 is 2.62 bits per heavy atom. The normalized spacial score (nSPS) is 18.5. The molecule has 5 heterocycles. The Balaban J connectivity index is 1.28. The lowest BCUT2D eigenvalue weighted by atomic mass is 10.0. The zero-order chi connectivity index (χ0) is 21.8. The number of anilines is 1. The first-order valence-corrected chi connectivity index (χ1v) is 11.1. The van der Waals surface area contributed by atoms with Gasteiger partial charge in [-0.1, -0.05) is 0 Å². The highest BCUT2D eigenvalue weighted by molar-refractivity contribution is 5.98. The zero-order valence-electron chi connectivity index (χ0n) is 18.4. The van der Waals surface area contributed by atoms with Crippen LogP contribution in [0.2, 0.25) is 0 Å². The Morgan fingerprint density at radius 2 is 1.81 bits per heavy atom. The van der Waals surface area contributed by atoms with Crippen LogP contribution in [0.25, 0.3) is 27.7 Å². The van der Waals surface area contributed by atoms with Crippen molar-refractivity contribution in [2.24, 2.45) is 0 Å². The standard InChI is InChI=1S/C24H26FN7/c1-16-9-20(21-10-17(25)3-4-23(21)28-16)22-12-27-32-15-18(11-26-24(22)32)31-13-19(14-31)30-7-5-29(2)6-8-30/h3-4,9-12,15,19H,5-8,13-14H2,1-2H3. The van der Waals surface area contributed by atoms with Crippen molar-refractivity contribution in [1.82, 2.24) is 29.4 Å². The topological polar surface area (TPSA) is 52.8 Å². The number of hydrogen-bond acceptors (Lipinski definition) is 6. The van der Waals surface area contributed by atoms with Gasteiger partial charge in [0, 0.05) is 62.0 Å². The van der Waals surface area contributed by atoms with Crippen molar-refractivity contribution in [3.8, 4) is 11.1 Å². The molecule has 7 nitrogen and oxygen atoms in total. The average Bonchev–Trinajstić information content (AvgIpc) is 3.17. The summed E-state index contributed by atoms with van der Waals surface area (Å²) >= 11 is 0. The van der Waals surface area contributed by atoms with Crippen molar-refractivity contribution < 1.29 is 4.39 Å². The third-order valence-electron chi connectivity index (χ3n) is 6.81. The maximum Gasteiger partial charge on any atom is 0.162 e. The van der Waals surface area contributed by atoms with E-state index in [-0.39, 0.29) is 5.82 Å². The van der Waals surface area contributed by atoms with Crippen LogP contribution in [0.5, 0.6) is 0 Å². The van der Waals surface area contributed by atoms with Crippen LogP contribution in [0.1, 0.15) is 5.69 Å². The molecule has 32 heavy (non-hydrogen) atoms. The van der Waals surface area contributed by atoms with Crippen LogP contribution in [0.15, 0.2) is 42.9 Å². The van der Waals surface area contributed by atoms with Gasteiger partial charge < -0.3 is 9.80 Å². The first kappa shape index (κ1) is 19.6. The molecule has 0 amide bonds. The molecule has 0 spiro atoms. The molecule has 164 valence electrons. The van der Waals surface area contributed by atoms with E-state index in [9.17, 15) is 4.39 Å². The Labute approximate surface area is 186 Å². The number of halogens is 1. The quantitative estimate of drug-likeness (QED) is 0.497. The molecule has 8 heteroatoms. The largest absolute Gasteiger partial charge is 0.366 e. The first-order valence-electron chi connectivity index (χ1n) is 11.1. The van der Waals surface area contributed by atoms with Crippen LogP contribution in [0.4, 0.5) is 10.1 Å². The lowest BCUT2D eigenvalue weighted by molar-refractivity contribution is 0.0963. The summed E-state index contributed by atoms with van der Waals surface area (Å²) in [5.74, 6) is -0.274. The van der Waals surface area contributed by atoms with Gasteiger partial charge in [-0.25, -0.2) is 13.9 Å². The van der Waals surface area contributed by atoms with Gasteiger partial charge in [-0.05, 0) is 43.8 Å². The van der Waals surface area contributed by atoms with Crippen LogP contribution in [0.3, 0.4) is 0 Å². The van der Waals surface area contributed by atoms with Crippen molar-refractivity contribution >= 4 is 22.2 Å². The summed E-state index contributed by atoms with van der Waals surface area (Å²) in [6, 6.07) is 7.30. The molecule has 6 rings (SSSR count). The van der Waals surface area contributed by atoms with Crippen LogP contribution in [-0.2, 0) is 0 Å². The van der Waals surface area contributed by atoms with Crippen LogP contribution < -0.4 is 4.90 Å². The molecule has 0 unspecified atom stereocenters. The van der Waals surface area contributed by atoms with E-state index >= 15 is 0 Å². The summed E-state index contributed by atoms with van der Waals surface area (Å²) in [5, 5.41) is 5.34. The fraction of sp³-hybridized carbons (Fsp3) is 0.375. The maximum absolute atomic E-state index is 14.0. The minimum Gasteiger partial charge on any atom is -0.366 e. The lowest BCUT2D eigenvalue weighted by Gasteiger charge is -2.48. The second kappa shape index (κ2) is 7.50. The molecule has 3 aromatic heterocycles. The second-order valence-electron chi connectivity index (χ2n) is 9.01. The lowest BCUT2D eigenvalue weighted by Crippen LogP contribution is -2.63. The Bertz CT molecular complexity index is 1300. The summed E-state index contributed by atoms with van der Waals surface area (Å²) in [6.45, 7) is 8.59. The minimum absolute atomic E-state index is 0.274. The molecule has 2 fully saturated rings. The number of aryl methyl sites for hydroxylation is 1. The van der Waals surface area contributed by atoms with Crippen LogP contribution in [-0.4, -0.2) is 81.7 Å². The van der Waals surface area contributed by atoms with Crippen LogP contribution in [0, 0.1) is 12.7 Å². The Hall–Kier alpha value is -3.10. The van der Waals surface area contributed by atoms with Gasteiger partial charge in [0.1, 0.15) is 5.82 Å². The molecule has 4 aromatic rings. The summed E-state index contributed by atoms with van der Waals surface area (Å²) in [4.78, 5) is 16.6. The highest BCUT2D eigenvalue weighted by atomic mass is 19.1. The van der Waals surface area contributed by atoms with E-state index in [0.29, 0.717) is 6.04 Å². The Morgan fingerprint density at radius 1 is 1.00 bits per heavy atom. The molecule has 0 bridgehead atoms. The van der Waals surface area contributed by atoms with E-state index in [1.807, 2.05) is 36.1 Å². The number of piperazine rings is 1. The number of benzene rings is 1. The number of aromatic nitrogens is 4. The van der Waals surface area contributed by atoms with Crippen molar-refractivity contribution in [2.75, 3.05) is 51.2 Å². The monoisotopic (exact) mass is 431 g/mol. The molecule has 1 aromatic carbocycles. The van der Waals surface area contributed by atoms with E-state index in [1.165, 1.54) is 12.1 Å². The predicted molar refractivity (Wildman–Crippen MR) is 123 cm³/mol. The smallest absolute Gasteiger partial charge is 0.162 e. The summed E-state index contributed by atoms with van der Waals surface area (Å²) in [6.07, 6.45) is 5.79. The third-order valence-corrected chi connectivity index (χ3v) is 6.81. The SMILES string of the molecule is Cc1cc(-c2cnn3cc(N4CC(N5CCN(C)CC5)C4)cnc23)c2cc(F)ccc2n1. The number of nitrogens with zero attached hydrogens (tertiary/aromatic N) is 7. The van der Waals surface area contributed by atoms with Gasteiger partial charge in [0.15, 0.2) is 5.65 Å². The van der Waals surface area contributed by atoms with Gasteiger partial charge in [-0.15, -0.1) is 0 Å². The molecule has 0 radical (unpaired) electrons. The van der Waals surface area contributed by atoms with Crippen molar-refractivity contribution in [2.45, 2.75) is 13.0 Å².